The van der Waals surface area contributed by atoms with Crippen LogP contribution in [0.3, 0.4) is 0 Å². The molecule has 0 saturated heterocycles. The maximum absolute atomic E-state index is 12.1. The lowest BCUT2D eigenvalue weighted by atomic mass is 10.2. The normalized spacial score (nSPS) is 12.6. The van der Waals surface area contributed by atoms with E-state index in [-0.39, 0.29) is 5.91 Å². The number of ether oxygens (including phenoxy) is 1. The van der Waals surface area contributed by atoms with Crippen LogP contribution >= 0.6 is 11.8 Å². The molecule has 0 radical (unpaired) electrons. The summed E-state index contributed by atoms with van der Waals surface area (Å²) in [5, 5.41) is 11.3. The number of carbonyl (C=O) groups excluding carboxylic acids is 1. The predicted molar refractivity (Wildman–Crippen MR) is 80.4 cm³/mol. The van der Waals surface area contributed by atoms with E-state index in [4.69, 9.17) is 9.84 Å². The summed E-state index contributed by atoms with van der Waals surface area (Å²) >= 11 is 1.10. The number of carbonyl (C=O) groups is 2. The first-order chi connectivity index (χ1) is 9.27. The van der Waals surface area contributed by atoms with E-state index in [2.05, 4.69) is 5.32 Å². The van der Waals surface area contributed by atoms with Crippen LogP contribution in [-0.2, 0) is 9.59 Å². The number of hydrogen-bond acceptors (Lipinski definition) is 4. The van der Waals surface area contributed by atoms with Crippen molar-refractivity contribution in [3.05, 3.63) is 24.3 Å². The van der Waals surface area contributed by atoms with Gasteiger partial charge in [-0.25, -0.2) is 0 Å². The van der Waals surface area contributed by atoms with Gasteiger partial charge < -0.3 is 15.2 Å². The Kier molecular flexibility index (Phi) is 5.44. The zero-order valence-corrected chi connectivity index (χ0v) is 12.8. The van der Waals surface area contributed by atoms with Crippen molar-refractivity contribution in [3.8, 4) is 5.75 Å². The molecule has 0 saturated carbocycles. The zero-order valence-electron chi connectivity index (χ0n) is 12.0. The second-order valence-electron chi connectivity index (χ2n) is 4.77. The van der Waals surface area contributed by atoms with Gasteiger partial charge in [-0.05, 0) is 32.9 Å². The molecule has 1 atom stereocenters. The lowest BCUT2D eigenvalue weighted by Crippen LogP contribution is -2.33. The van der Waals surface area contributed by atoms with Crippen LogP contribution in [0.1, 0.15) is 20.8 Å². The Morgan fingerprint density at radius 3 is 2.50 bits per heavy atom. The fourth-order valence-electron chi connectivity index (χ4n) is 1.53. The molecule has 1 unspecified atom stereocenters. The molecule has 20 heavy (non-hydrogen) atoms. The summed E-state index contributed by atoms with van der Waals surface area (Å²) in [6, 6.07) is 7.07. The fraction of sp³-hybridized carbons (Fsp3) is 0.429. The molecule has 0 aliphatic carbocycles. The molecule has 110 valence electrons. The molecule has 0 aliphatic rings. The van der Waals surface area contributed by atoms with Crippen LogP contribution < -0.4 is 10.1 Å². The Bertz CT molecular complexity index is 502. The number of para-hydroxylation sites is 2. The minimum atomic E-state index is -1.02. The molecule has 1 aromatic carbocycles. The first kappa shape index (κ1) is 16.4. The molecule has 5 nitrogen and oxygen atoms in total. The summed E-state index contributed by atoms with van der Waals surface area (Å²) in [4.78, 5) is 23.2. The number of amides is 1. The van der Waals surface area contributed by atoms with Crippen LogP contribution in [0, 0.1) is 0 Å². The molecule has 0 bridgehead atoms. The highest BCUT2D eigenvalue weighted by atomic mass is 32.2. The average molecular weight is 297 g/mol. The molecule has 2 N–H and O–H groups in total. The number of methoxy groups -OCH3 is 1. The van der Waals surface area contributed by atoms with Crippen molar-refractivity contribution in [1.82, 2.24) is 0 Å². The molecule has 0 spiro atoms. The first-order valence-corrected chi connectivity index (χ1v) is 7.01. The SMILES string of the molecule is COc1ccccc1NC(=O)C(C)SC(C)(C)C(=O)O. The number of benzene rings is 1. The molecule has 1 amide bonds. The number of aliphatic carboxylic acids is 1. The quantitative estimate of drug-likeness (QED) is 0.844. The van der Waals surface area contributed by atoms with E-state index in [1.807, 2.05) is 0 Å². The maximum Gasteiger partial charge on any atom is 0.319 e. The maximum atomic E-state index is 12.1. The molecule has 0 aliphatic heterocycles. The average Bonchev–Trinajstić information content (AvgIpc) is 2.38. The Balaban J connectivity index is 2.74. The molecule has 1 aromatic rings. The van der Waals surface area contributed by atoms with Gasteiger partial charge in [0.05, 0.1) is 18.0 Å². The van der Waals surface area contributed by atoms with Gasteiger partial charge in [0, 0.05) is 0 Å². The van der Waals surface area contributed by atoms with E-state index in [0.29, 0.717) is 11.4 Å². The molecular formula is C14H19NO4S. The smallest absolute Gasteiger partial charge is 0.319 e. The summed E-state index contributed by atoms with van der Waals surface area (Å²) in [5.74, 6) is -0.635. The Morgan fingerprint density at radius 2 is 1.95 bits per heavy atom. The summed E-state index contributed by atoms with van der Waals surface area (Å²) < 4.78 is 4.13. The van der Waals surface area contributed by atoms with Crippen LogP contribution in [-0.4, -0.2) is 34.1 Å². The fourth-order valence-corrected chi connectivity index (χ4v) is 2.68. The third-order valence-corrected chi connectivity index (χ3v) is 4.05. The number of anilines is 1. The van der Waals surface area contributed by atoms with Gasteiger partial charge in [0.15, 0.2) is 0 Å². The van der Waals surface area contributed by atoms with Crippen LogP contribution in [0.2, 0.25) is 0 Å². The van der Waals surface area contributed by atoms with E-state index in [1.54, 1.807) is 45.0 Å². The van der Waals surface area contributed by atoms with Gasteiger partial charge in [-0.2, -0.15) is 0 Å². The topological polar surface area (TPSA) is 75.6 Å². The van der Waals surface area contributed by atoms with Crippen molar-refractivity contribution in [3.63, 3.8) is 0 Å². The van der Waals surface area contributed by atoms with E-state index in [1.165, 1.54) is 7.11 Å². The third kappa shape index (κ3) is 4.16. The first-order valence-electron chi connectivity index (χ1n) is 6.13. The molecule has 0 heterocycles. The van der Waals surface area contributed by atoms with Gasteiger partial charge >= 0.3 is 5.97 Å². The van der Waals surface area contributed by atoms with Gasteiger partial charge in [0.25, 0.3) is 0 Å². The second kappa shape index (κ2) is 6.65. The second-order valence-corrected chi connectivity index (χ2v) is 6.73. The van der Waals surface area contributed by atoms with Crippen LogP contribution in [0.4, 0.5) is 5.69 Å². The Morgan fingerprint density at radius 1 is 1.35 bits per heavy atom. The monoisotopic (exact) mass is 297 g/mol. The Labute approximate surface area is 122 Å². The molecule has 0 aromatic heterocycles. The molecule has 1 rings (SSSR count). The molecule has 6 heteroatoms. The van der Waals surface area contributed by atoms with Crippen molar-refractivity contribution in [2.45, 2.75) is 30.8 Å². The number of hydrogen-bond donors (Lipinski definition) is 2. The summed E-state index contributed by atoms with van der Waals surface area (Å²) in [7, 11) is 1.52. The largest absolute Gasteiger partial charge is 0.495 e. The van der Waals surface area contributed by atoms with Crippen molar-refractivity contribution in [1.29, 1.82) is 0 Å². The van der Waals surface area contributed by atoms with Crippen molar-refractivity contribution in [2.75, 3.05) is 12.4 Å². The standard InChI is InChI=1S/C14H19NO4S/c1-9(20-14(2,3)13(17)18)12(16)15-10-7-5-6-8-11(10)19-4/h5-9H,1-4H3,(H,15,16)(H,17,18). The van der Waals surface area contributed by atoms with Crippen LogP contribution in [0.15, 0.2) is 24.3 Å². The van der Waals surface area contributed by atoms with Crippen molar-refractivity contribution >= 4 is 29.3 Å². The number of rotatable bonds is 6. The van der Waals surface area contributed by atoms with Crippen molar-refractivity contribution < 1.29 is 19.4 Å². The minimum absolute atomic E-state index is 0.256. The van der Waals surface area contributed by atoms with E-state index in [0.717, 1.165) is 11.8 Å². The third-order valence-electron chi connectivity index (χ3n) is 2.72. The lowest BCUT2D eigenvalue weighted by molar-refractivity contribution is -0.138. The summed E-state index contributed by atoms with van der Waals surface area (Å²) in [5.41, 5.74) is 0.570. The number of thioether (sulfide) groups is 1. The number of carboxylic acids is 1. The van der Waals surface area contributed by atoms with Gasteiger partial charge in [0.2, 0.25) is 5.91 Å². The molecular weight excluding hydrogens is 278 g/mol. The lowest BCUT2D eigenvalue weighted by Gasteiger charge is -2.22. The highest BCUT2D eigenvalue weighted by molar-refractivity contribution is 8.02. The predicted octanol–water partition coefficient (Wildman–Crippen LogP) is 2.62. The highest BCUT2D eigenvalue weighted by Gasteiger charge is 2.32. The van der Waals surface area contributed by atoms with E-state index >= 15 is 0 Å². The van der Waals surface area contributed by atoms with Crippen LogP contribution in [0.5, 0.6) is 5.75 Å². The van der Waals surface area contributed by atoms with Gasteiger partial charge in [0.1, 0.15) is 10.5 Å². The van der Waals surface area contributed by atoms with E-state index in [9.17, 15) is 9.59 Å². The van der Waals surface area contributed by atoms with Gasteiger partial charge in [-0.15, -0.1) is 11.8 Å². The van der Waals surface area contributed by atoms with Crippen molar-refractivity contribution in [2.24, 2.45) is 0 Å². The minimum Gasteiger partial charge on any atom is -0.495 e. The number of carboxylic acid groups (broad SMARTS) is 1. The highest BCUT2D eigenvalue weighted by Crippen LogP contribution is 2.30. The summed E-state index contributed by atoms with van der Waals surface area (Å²) in [6.07, 6.45) is 0. The van der Waals surface area contributed by atoms with Gasteiger partial charge in [-0.3, -0.25) is 9.59 Å². The van der Waals surface area contributed by atoms with Crippen LogP contribution in [0.25, 0.3) is 0 Å². The summed E-state index contributed by atoms with van der Waals surface area (Å²) in [6.45, 7) is 4.83. The Hall–Kier alpha value is -1.69. The zero-order chi connectivity index (χ0) is 15.3. The van der Waals surface area contributed by atoms with E-state index < -0.39 is 16.0 Å². The molecule has 0 fully saturated rings. The van der Waals surface area contributed by atoms with Gasteiger partial charge in [-0.1, -0.05) is 12.1 Å². The number of nitrogens with one attached hydrogen (secondary N) is 1.